The van der Waals surface area contributed by atoms with E-state index >= 15 is 0 Å². The number of nitrogen functional groups attached to an aromatic ring is 1. The molecule has 12 heavy (non-hydrogen) atoms. The fourth-order valence-corrected chi connectivity index (χ4v) is 1.03. The molecule has 0 aromatic carbocycles. The second kappa shape index (κ2) is 3.64. The minimum absolute atomic E-state index is 0.301. The predicted octanol–water partition coefficient (Wildman–Crippen LogP) is 0.756. The second-order valence-corrected chi connectivity index (χ2v) is 3.03. The number of hydrazine groups is 1. The normalized spacial score (nSPS) is 9.58. The van der Waals surface area contributed by atoms with Crippen molar-refractivity contribution in [2.24, 2.45) is 5.84 Å². The minimum atomic E-state index is -0.393. The summed E-state index contributed by atoms with van der Waals surface area (Å²) < 4.78 is 0.656. The molecule has 0 saturated carbocycles. The average Bonchev–Trinajstić information content (AvgIpc) is 2.08. The molecule has 1 aromatic rings. The van der Waals surface area contributed by atoms with Crippen LogP contribution in [0, 0.1) is 6.92 Å². The van der Waals surface area contributed by atoms with Crippen molar-refractivity contribution in [2.45, 2.75) is 6.92 Å². The highest BCUT2D eigenvalue weighted by Crippen LogP contribution is 2.12. The van der Waals surface area contributed by atoms with Crippen molar-refractivity contribution in [3.63, 3.8) is 0 Å². The number of carbonyl (C=O) groups excluding carboxylic acids is 1. The number of hydrogen-bond donors (Lipinski definition) is 2. The maximum absolute atomic E-state index is 11.0. The maximum atomic E-state index is 11.0. The number of nitrogens with one attached hydrogen (secondary N) is 1. The molecular formula is C7H8BrN3O. The Labute approximate surface area is 78.3 Å². The smallest absolute Gasteiger partial charge is 0.283 e. The molecule has 0 aliphatic heterocycles. The van der Waals surface area contributed by atoms with E-state index < -0.39 is 5.91 Å². The van der Waals surface area contributed by atoms with Gasteiger partial charge >= 0.3 is 0 Å². The number of rotatable bonds is 1. The molecule has 0 aliphatic rings. The lowest BCUT2D eigenvalue weighted by molar-refractivity contribution is 0.0948. The van der Waals surface area contributed by atoms with Gasteiger partial charge in [-0.25, -0.2) is 10.8 Å². The fraction of sp³-hybridized carbons (Fsp3) is 0.143. The highest BCUT2D eigenvalue weighted by atomic mass is 79.9. The van der Waals surface area contributed by atoms with E-state index in [0.29, 0.717) is 10.3 Å². The van der Waals surface area contributed by atoms with Crippen LogP contribution in [-0.2, 0) is 0 Å². The van der Waals surface area contributed by atoms with Crippen molar-refractivity contribution in [1.29, 1.82) is 0 Å². The molecular weight excluding hydrogens is 222 g/mol. The highest BCUT2D eigenvalue weighted by Gasteiger charge is 2.05. The lowest BCUT2D eigenvalue weighted by Crippen LogP contribution is -2.30. The summed E-state index contributed by atoms with van der Waals surface area (Å²) in [4.78, 5) is 14.9. The third-order valence-electron chi connectivity index (χ3n) is 1.40. The fourth-order valence-electron chi connectivity index (χ4n) is 0.704. The van der Waals surface area contributed by atoms with E-state index in [-0.39, 0.29) is 0 Å². The van der Waals surface area contributed by atoms with Crippen LogP contribution in [0.4, 0.5) is 0 Å². The Bertz CT molecular complexity index is 314. The number of aromatic nitrogens is 1. The molecule has 1 amide bonds. The molecule has 3 N–H and O–H groups in total. The second-order valence-electron chi connectivity index (χ2n) is 2.28. The molecule has 1 heterocycles. The van der Waals surface area contributed by atoms with Gasteiger partial charge in [0.15, 0.2) is 0 Å². The van der Waals surface area contributed by atoms with E-state index in [1.165, 1.54) is 0 Å². The van der Waals surface area contributed by atoms with E-state index in [4.69, 9.17) is 5.84 Å². The Morgan fingerprint density at radius 2 is 2.33 bits per heavy atom. The zero-order chi connectivity index (χ0) is 9.14. The van der Waals surface area contributed by atoms with Crippen LogP contribution in [0.25, 0.3) is 0 Å². The number of hydrogen-bond acceptors (Lipinski definition) is 3. The van der Waals surface area contributed by atoms with Gasteiger partial charge in [0, 0.05) is 0 Å². The predicted molar refractivity (Wildman–Crippen MR) is 48.3 cm³/mol. The third-order valence-corrected chi connectivity index (χ3v) is 2.20. The summed E-state index contributed by atoms with van der Waals surface area (Å²) in [6, 6.07) is 3.41. The number of nitrogens with zero attached hydrogens (tertiary/aromatic N) is 1. The van der Waals surface area contributed by atoms with Gasteiger partial charge in [-0.15, -0.1) is 0 Å². The highest BCUT2D eigenvalue weighted by molar-refractivity contribution is 9.10. The number of pyridine rings is 1. The molecule has 0 atom stereocenters. The molecule has 0 aliphatic carbocycles. The van der Waals surface area contributed by atoms with Crippen LogP contribution < -0.4 is 11.3 Å². The van der Waals surface area contributed by atoms with E-state index in [9.17, 15) is 4.79 Å². The van der Waals surface area contributed by atoms with Gasteiger partial charge in [0.25, 0.3) is 5.91 Å². The van der Waals surface area contributed by atoms with Crippen LogP contribution in [0.5, 0.6) is 0 Å². The Kier molecular flexibility index (Phi) is 2.78. The van der Waals surface area contributed by atoms with Gasteiger partial charge in [-0.1, -0.05) is 6.07 Å². The SMILES string of the molecule is Cc1ccc(C(=O)NN)nc1Br. The van der Waals surface area contributed by atoms with Gasteiger partial charge in [-0.3, -0.25) is 10.2 Å². The van der Waals surface area contributed by atoms with Gasteiger partial charge in [0.2, 0.25) is 0 Å². The van der Waals surface area contributed by atoms with Crippen molar-refractivity contribution >= 4 is 21.8 Å². The standard InChI is InChI=1S/C7H8BrN3O/c1-4-2-3-5(7(12)11-9)10-6(4)8/h2-3H,9H2,1H3,(H,11,12). The number of amides is 1. The van der Waals surface area contributed by atoms with Crippen molar-refractivity contribution in [1.82, 2.24) is 10.4 Å². The Hall–Kier alpha value is -0.940. The molecule has 4 nitrogen and oxygen atoms in total. The Balaban J connectivity index is 3.05. The monoisotopic (exact) mass is 229 g/mol. The van der Waals surface area contributed by atoms with Crippen molar-refractivity contribution in [3.8, 4) is 0 Å². The molecule has 0 radical (unpaired) electrons. The summed E-state index contributed by atoms with van der Waals surface area (Å²) in [5, 5.41) is 0. The van der Waals surface area contributed by atoms with E-state index in [1.807, 2.05) is 12.3 Å². The Morgan fingerprint density at radius 3 is 2.83 bits per heavy atom. The van der Waals surface area contributed by atoms with Crippen molar-refractivity contribution in [2.75, 3.05) is 0 Å². The molecule has 0 spiro atoms. The van der Waals surface area contributed by atoms with Gasteiger partial charge in [-0.2, -0.15) is 0 Å². The first-order valence-corrected chi connectivity index (χ1v) is 4.08. The first kappa shape index (κ1) is 9.15. The number of halogens is 1. The number of carbonyl (C=O) groups is 1. The lowest BCUT2D eigenvalue weighted by atomic mass is 10.3. The summed E-state index contributed by atoms with van der Waals surface area (Å²) in [6.45, 7) is 1.89. The number of aryl methyl sites for hydroxylation is 1. The summed E-state index contributed by atoms with van der Waals surface area (Å²) in [5.41, 5.74) is 3.28. The molecule has 0 saturated heterocycles. The van der Waals surface area contributed by atoms with Crippen LogP contribution in [0.1, 0.15) is 16.1 Å². The van der Waals surface area contributed by atoms with Gasteiger partial charge in [-0.05, 0) is 34.5 Å². The van der Waals surface area contributed by atoms with E-state index in [2.05, 4.69) is 20.9 Å². The zero-order valence-corrected chi connectivity index (χ0v) is 8.05. The quantitative estimate of drug-likeness (QED) is 0.324. The summed E-state index contributed by atoms with van der Waals surface area (Å²) in [7, 11) is 0. The Morgan fingerprint density at radius 1 is 1.67 bits per heavy atom. The zero-order valence-electron chi connectivity index (χ0n) is 6.47. The van der Waals surface area contributed by atoms with Crippen molar-refractivity contribution in [3.05, 3.63) is 28.0 Å². The lowest BCUT2D eigenvalue weighted by Gasteiger charge is -2.00. The molecule has 1 aromatic heterocycles. The van der Waals surface area contributed by atoms with Crippen LogP contribution in [-0.4, -0.2) is 10.9 Å². The molecule has 0 unspecified atom stereocenters. The van der Waals surface area contributed by atoms with Crippen LogP contribution in [0.15, 0.2) is 16.7 Å². The van der Waals surface area contributed by atoms with Crippen LogP contribution in [0.3, 0.4) is 0 Å². The third kappa shape index (κ3) is 1.80. The molecule has 64 valence electrons. The molecule has 1 rings (SSSR count). The first-order chi connectivity index (χ1) is 5.65. The summed E-state index contributed by atoms with van der Waals surface area (Å²) >= 11 is 3.21. The average molecular weight is 230 g/mol. The minimum Gasteiger partial charge on any atom is -0.289 e. The van der Waals surface area contributed by atoms with Crippen LogP contribution in [0.2, 0.25) is 0 Å². The van der Waals surface area contributed by atoms with E-state index in [0.717, 1.165) is 5.56 Å². The first-order valence-electron chi connectivity index (χ1n) is 3.29. The van der Waals surface area contributed by atoms with Crippen molar-refractivity contribution < 1.29 is 4.79 Å². The molecule has 0 fully saturated rings. The van der Waals surface area contributed by atoms with Gasteiger partial charge < -0.3 is 0 Å². The van der Waals surface area contributed by atoms with Gasteiger partial charge in [0.1, 0.15) is 10.3 Å². The van der Waals surface area contributed by atoms with Gasteiger partial charge in [0.05, 0.1) is 0 Å². The van der Waals surface area contributed by atoms with E-state index in [1.54, 1.807) is 12.1 Å². The molecule has 5 heteroatoms. The topological polar surface area (TPSA) is 68.0 Å². The largest absolute Gasteiger partial charge is 0.289 e. The maximum Gasteiger partial charge on any atom is 0.283 e. The summed E-state index contributed by atoms with van der Waals surface area (Å²) in [6.07, 6.45) is 0. The number of nitrogens with two attached hydrogens (primary N) is 1. The summed E-state index contributed by atoms with van der Waals surface area (Å²) in [5.74, 6) is 4.54. The molecule has 0 bridgehead atoms. The van der Waals surface area contributed by atoms with Crippen LogP contribution >= 0.6 is 15.9 Å².